The Morgan fingerprint density at radius 1 is 0.582 bits per heavy atom. The number of hydrogen-bond donors (Lipinski definition) is 14. The molecule has 4 saturated heterocycles. The van der Waals surface area contributed by atoms with Crippen LogP contribution in [0.4, 0.5) is 0 Å². The highest BCUT2D eigenvalue weighted by Crippen LogP contribution is 2.76. The third-order valence-corrected chi connectivity index (χ3v) is 23.7. The second kappa shape index (κ2) is 26.7. The minimum atomic E-state index is -2.29. The van der Waals surface area contributed by atoms with Crippen molar-refractivity contribution in [3.8, 4) is 0 Å². The van der Waals surface area contributed by atoms with Gasteiger partial charge in [0.05, 0.1) is 43.5 Å². The summed E-state index contributed by atoms with van der Waals surface area (Å²) in [5.41, 5.74) is -3.17. The molecule has 27 heteroatoms. The first-order valence-corrected chi connectivity index (χ1v) is 32.0. The van der Waals surface area contributed by atoms with Crippen LogP contribution in [0, 0.1) is 50.2 Å². The number of carbonyl (C=O) groups excluding carboxylic acids is 2. The van der Waals surface area contributed by atoms with Crippen LogP contribution < -0.4 is 0 Å². The molecule has 31 unspecified atom stereocenters. The van der Waals surface area contributed by atoms with E-state index in [0.29, 0.717) is 49.7 Å². The Labute approximate surface area is 529 Å². The maximum absolute atomic E-state index is 13.9. The van der Waals surface area contributed by atoms with Crippen LogP contribution in [0.5, 0.6) is 0 Å². The smallest absolute Gasteiger partial charge is 0.335 e. The van der Waals surface area contributed by atoms with Crippen LogP contribution in [0.1, 0.15) is 128 Å². The Morgan fingerprint density at radius 2 is 1.11 bits per heavy atom. The molecule has 518 valence electrons. The van der Waals surface area contributed by atoms with Gasteiger partial charge in [-0.1, -0.05) is 72.3 Å². The second-order valence-electron chi connectivity index (χ2n) is 29.3. The molecule has 9 rings (SSSR count). The van der Waals surface area contributed by atoms with E-state index in [1.165, 1.54) is 6.92 Å². The zero-order valence-corrected chi connectivity index (χ0v) is 54.0. The summed E-state index contributed by atoms with van der Waals surface area (Å²) < 4.78 is 61.9. The molecule has 0 amide bonds. The Balaban J connectivity index is 1.05. The number of aliphatic hydroxyl groups excluding tert-OH is 13. The average molecular weight is 1300 g/mol. The molecular weight excluding hydrogens is 1200 g/mol. The lowest BCUT2D eigenvalue weighted by atomic mass is 9.33. The molecule has 0 spiro atoms. The highest BCUT2D eigenvalue weighted by Gasteiger charge is 2.74. The number of allylic oxidation sites excluding steroid dienone is 4. The Morgan fingerprint density at radius 3 is 1.68 bits per heavy atom. The van der Waals surface area contributed by atoms with E-state index in [1.807, 2.05) is 27.7 Å². The number of carboxylic acid groups (broad SMARTS) is 1. The minimum Gasteiger partial charge on any atom is -0.479 e. The number of aliphatic hydroxyl groups is 13. The van der Waals surface area contributed by atoms with Crippen LogP contribution in [0.25, 0.3) is 0 Å². The number of esters is 2. The molecule has 0 aromatic carbocycles. The van der Waals surface area contributed by atoms with E-state index >= 15 is 0 Å². The quantitative estimate of drug-likeness (QED) is 0.0401. The van der Waals surface area contributed by atoms with E-state index in [4.69, 9.17) is 47.4 Å². The molecule has 4 aliphatic heterocycles. The van der Waals surface area contributed by atoms with Gasteiger partial charge in [-0.2, -0.15) is 0 Å². The lowest BCUT2D eigenvalue weighted by molar-refractivity contribution is -0.406. The summed E-state index contributed by atoms with van der Waals surface area (Å²) in [5, 5.41) is 156. The normalized spacial score (nSPS) is 49.8. The van der Waals surface area contributed by atoms with Gasteiger partial charge in [-0.05, 0) is 119 Å². The molecular formula is C64H100O27. The van der Waals surface area contributed by atoms with Crippen LogP contribution in [0.15, 0.2) is 34.9 Å². The summed E-state index contributed by atoms with van der Waals surface area (Å²) >= 11 is 0. The number of aliphatic carboxylic acids is 1. The molecule has 31 atom stereocenters. The summed E-state index contributed by atoms with van der Waals surface area (Å²) in [5.74, 6) is -3.74. The molecule has 9 aliphatic rings. The standard InChI is InChI=1S/C64H100O27/c1-13-26(3)53(80)90-50-51(91-54(81)27(4)14-2)64(25-67)30(21-59(50,6)7)29-15-16-34-61(10)19-18-36(60(8,9)33(61)17-20-62(34,11)63(29,12)22-35(64)68)85-58-49(89-56-44(76)41(73)38(70)31(23-65)83-56)46(45(77)47(87-58)52(78)79)86-57-48(42(74)39(71)32(24-66)84-57)88-55-43(75)40(72)37(69)28(5)82-55/h13-15,28,30-51,55-58,65-77H,16-25H2,1-12H3,(H,78,79). The van der Waals surface area contributed by atoms with Crippen molar-refractivity contribution in [2.45, 2.75) is 275 Å². The third-order valence-electron chi connectivity index (χ3n) is 23.7. The fourth-order valence-corrected chi connectivity index (χ4v) is 17.8. The van der Waals surface area contributed by atoms with Gasteiger partial charge in [0.25, 0.3) is 0 Å². The number of carbonyl (C=O) groups is 3. The second-order valence-corrected chi connectivity index (χ2v) is 29.3. The van der Waals surface area contributed by atoms with Crippen LogP contribution in [-0.2, 0) is 61.8 Å². The zero-order chi connectivity index (χ0) is 67.3. The van der Waals surface area contributed by atoms with Crippen molar-refractivity contribution in [1.82, 2.24) is 0 Å². The minimum absolute atomic E-state index is 0.0434. The third kappa shape index (κ3) is 12.0. The summed E-state index contributed by atoms with van der Waals surface area (Å²) in [7, 11) is 0. The summed E-state index contributed by atoms with van der Waals surface area (Å²) in [6, 6.07) is 0. The highest BCUT2D eigenvalue weighted by atomic mass is 16.8. The van der Waals surface area contributed by atoms with Crippen molar-refractivity contribution in [3.05, 3.63) is 34.9 Å². The van der Waals surface area contributed by atoms with Gasteiger partial charge in [-0.3, -0.25) is 0 Å². The largest absolute Gasteiger partial charge is 0.479 e. The van der Waals surface area contributed by atoms with Gasteiger partial charge < -0.3 is 119 Å². The van der Waals surface area contributed by atoms with Crippen molar-refractivity contribution < 1.29 is 133 Å². The first-order valence-electron chi connectivity index (χ1n) is 32.0. The van der Waals surface area contributed by atoms with Gasteiger partial charge in [0.2, 0.25) is 0 Å². The lowest BCUT2D eigenvalue weighted by Gasteiger charge is -2.72. The lowest BCUT2D eigenvalue weighted by Crippen LogP contribution is -2.72. The predicted octanol–water partition coefficient (Wildman–Crippen LogP) is -0.495. The summed E-state index contributed by atoms with van der Waals surface area (Å²) in [6.45, 7) is 20.2. The highest BCUT2D eigenvalue weighted by molar-refractivity contribution is 5.89. The molecule has 0 aromatic rings. The van der Waals surface area contributed by atoms with Crippen LogP contribution >= 0.6 is 0 Å². The fourth-order valence-electron chi connectivity index (χ4n) is 17.8. The molecule has 0 aromatic heterocycles. The Hall–Kier alpha value is -3.21. The van der Waals surface area contributed by atoms with E-state index in [9.17, 15) is 85.9 Å². The van der Waals surface area contributed by atoms with Crippen molar-refractivity contribution in [2.24, 2.45) is 50.2 Å². The number of fused-ring (bicyclic) bond motifs is 7. The van der Waals surface area contributed by atoms with Gasteiger partial charge in [0.1, 0.15) is 91.6 Å². The molecule has 0 bridgehead atoms. The fraction of sp³-hybridized carbons (Fsp3) is 0.859. The topological polar surface area (TPSA) is 427 Å². The van der Waals surface area contributed by atoms with Crippen LogP contribution in [0.3, 0.4) is 0 Å². The predicted molar refractivity (Wildman–Crippen MR) is 313 cm³/mol. The van der Waals surface area contributed by atoms with Crippen LogP contribution in [0.2, 0.25) is 0 Å². The molecule has 27 nitrogen and oxygen atoms in total. The van der Waals surface area contributed by atoms with E-state index in [2.05, 4.69) is 26.8 Å². The SMILES string of the molecule is CC=C(C)C(=O)OC1C(OC(=O)C(C)=CC)C2(CO)C(O)CC3(C)C(=CCC4C5(C)CCC(OC6OC(C(=O)O)C(O)C(OC7OC(CO)C(O)C(O)C7OC7OC(C)C(O)C(O)C7O)C6OC6OC(CO)C(O)C(O)C6O)C(C)(C)C5CCC43C)C2CC1(C)C. The van der Waals surface area contributed by atoms with E-state index in [1.54, 1.807) is 39.8 Å². The molecule has 5 aliphatic carbocycles. The first-order chi connectivity index (χ1) is 42.5. The van der Waals surface area contributed by atoms with E-state index in [0.717, 1.165) is 5.57 Å². The van der Waals surface area contributed by atoms with Crippen molar-refractivity contribution >= 4 is 17.9 Å². The number of rotatable bonds is 16. The maximum Gasteiger partial charge on any atom is 0.335 e. The molecule has 91 heavy (non-hydrogen) atoms. The summed E-state index contributed by atoms with van der Waals surface area (Å²) in [4.78, 5) is 40.8. The molecule has 0 radical (unpaired) electrons. The van der Waals surface area contributed by atoms with Gasteiger partial charge >= 0.3 is 17.9 Å². The molecule has 8 fully saturated rings. The molecule has 4 heterocycles. The number of hydrogen-bond acceptors (Lipinski definition) is 26. The van der Waals surface area contributed by atoms with Crippen molar-refractivity contribution in [3.63, 3.8) is 0 Å². The van der Waals surface area contributed by atoms with E-state index in [-0.39, 0.29) is 18.3 Å². The Bertz CT molecular complexity index is 2720. The Kier molecular flexibility index (Phi) is 21.1. The maximum atomic E-state index is 13.9. The molecule has 14 N–H and O–H groups in total. The number of carboxylic acids is 1. The van der Waals surface area contributed by atoms with Crippen molar-refractivity contribution in [2.75, 3.05) is 19.8 Å². The molecule has 4 saturated carbocycles. The van der Waals surface area contributed by atoms with Gasteiger partial charge in [-0.15, -0.1) is 0 Å². The number of ether oxygens (including phenoxy) is 10. The summed E-state index contributed by atoms with van der Waals surface area (Å²) in [6.07, 6.45) is -33.9. The average Bonchev–Trinajstić information content (AvgIpc) is 0.670. The van der Waals surface area contributed by atoms with Gasteiger partial charge in [0.15, 0.2) is 37.4 Å². The van der Waals surface area contributed by atoms with Crippen LogP contribution in [-0.4, -0.2) is 256 Å². The van der Waals surface area contributed by atoms with E-state index < -0.39 is 223 Å². The van der Waals surface area contributed by atoms with Crippen molar-refractivity contribution in [1.29, 1.82) is 0 Å². The monoisotopic (exact) mass is 1300 g/mol. The zero-order valence-electron chi connectivity index (χ0n) is 54.0. The van der Waals surface area contributed by atoms with Gasteiger partial charge in [-0.25, -0.2) is 14.4 Å². The first kappa shape index (κ1) is 72.1. The van der Waals surface area contributed by atoms with Gasteiger partial charge in [0, 0.05) is 16.6 Å².